The SMILES string of the molecule is CC(C)S(=O)(=O)c1ccc(-c2cnc(N)c(C(=O)Nc3ccccc3)n2)cc1. The van der Waals surface area contributed by atoms with Gasteiger partial charge in [0.25, 0.3) is 5.91 Å². The smallest absolute Gasteiger partial charge is 0.278 e. The zero-order chi connectivity index (χ0) is 20.3. The Morgan fingerprint density at radius 2 is 1.68 bits per heavy atom. The second-order valence-electron chi connectivity index (χ2n) is 6.43. The topological polar surface area (TPSA) is 115 Å². The van der Waals surface area contributed by atoms with Crippen LogP contribution in [0.4, 0.5) is 11.5 Å². The van der Waals surface area contributed by atoms with Gasteiger partial charge < -0.3 is 11.1 Å². The van der Waals surface area contributed by atoms with E-state index < -0.39 is 21.0 Å². The number of anilines is 2. The van der Waals surface area contributed by atoms with Gasteiger partial charge in [-0.3, -0.25) is 4.79 Å². The molecule has 2 aromatic carbocycles. The Labute approximate surface area is 163 Å². The Morgan fingerprint density at radius 1 is 1.04 bits per heavy atom. The summed E-state index contributed by atoms with van der Waals surface area (Å²) in [5.74, 6) is -0.465. The van der Waals surface area contributed by atoms with Crippen molar-refractivity contribution in [1.82, 2.24) is 9.97 Å². The lowest BCUT2D eigenvalue weighted by atomic mass is 10.1. The molecule has 28 heavy (non-hydrogen) atoms. The highest BCUT2D eigenvalue weighted by Gasteiger charge is 2.19. The third-order valence-corrected chi connectivity index (χ3v) is 6.32. The molecule has 0 saturated heterocycles. The molecule has 1 heterocycles. The van der Waals surface area contributed by atoms with Gasteiger partial charge in [0.2, 0.25) is 0 Å². The maximum atomic E-state index is 12.5. The number of para-hydroxylation sites is 1. The summed E-state index contributed by atoms with van der Waals surface area (Å²) < 4.78 is 24.5. The third kappa shape index (κ3) is 4.01. The Hall–Kier alpha value is -3.26. The van der Waals surface area contributed by atoms with Gasteiger partial charge in [-0.25, -0.2) is 18.4 Å². The molecule has 1 amide bonds. The number of sulfone groups is 1. The van der Waals surface area contributed by atoms with Crippen molar-refractivity contribution in [2.45, 2.75) is 24.0 Å². The number of aromatic nitrogens is 2. The number of nitrogens with two attached hydrogens (primary N) is 1. The Kier molecular flexibility index (Phi) is 5.41. The van der Waals surface area contributed by atoms with Crippen molar-refractivity contribution in [2.24, 2.45) is 0 Å². The average Bonchev–Trinajstić information content (AvgIpc) is 2.69. The molecule has 0 aliphatic carbocycles. The zero-order valence-electron chi connectivity index (χ0n) is 15.5. The summed E-state index contributed by atoms with van der Waals surface area (Å²) in [6, 6.07) is 15.2. The number of hydrogen-bond acceptors (Lipinski definition) is 6. The third-order valence-electron chi connectivity index (χ3n) is 4.15. The van der Waals surface area contributed by atoms with E-state index in [1.807, 2.05) is 6.07 Å². The molecule has 144 valence electrons. The van der Waals surface area contributed by atoms with Crippen LogP contribution in [0.15, 0.2) is 65.7 Å². The lowest BCUT2D eigenvalue weighted by Gasteiger charge is -2.10. The molecule has 0 aliphatic rings. The zero-order valence-corrected chi connectivity index (χ0v) is 16.3. The molecule has 0 fully saturated rings. The molecule has 0 radical (unpaired) electrons. The Morgan fingerprint density at radius 3 is 2.29 bits per heavy atom. The van der Waals surface area contributed by atoms with Gasteiger partial charge in [0.05, 0.1) is 22.0 Å². The maximum absolute atomic E-state index is 12.5. The van der Waals surface area contributed by atoms with Crippen molar-refractivity contribution < 1.29 is 13.2 Å². The second kappa shape index (κ2) is 7.77. The number of rotatable bonds is 5. The molecule has 0 atom stereocenters. The van der Waals surface area contributed by atoms with Crippen LogP contribution in [0.3, 0.4) is 0 Å². The predicted octanol–water partition coefficient (Wildman–Crippen LogP) is 3.16. The Bertz CT molecular complexity index is 1100. The molecule has 1 aromatic heterocycles. The van der Waals surface area contributed by atoms with Crippen molar-refractivity contribution in [3.8, 4) is 11.3 Å². The summed E-state index contributed by atoms with van der Waals surface area (Å²) in [6.45, 7) is 3.26. The van der Waals surface area contributed by atoms with Crippen LogP contribution in [0.2, 0.25) is 0 Å². The van der Waals surface area contributed by atoms with Gasteiger partial charge in [-0.05, 0) is 38.1 Å². The van der Waals surface area contributed by atoms with E-state index >= 15 is 0 Å². The number of hydrogen-bond donors (Lipinski definition) is 2. The van der Waals surface area contributed by atoms with Crippen LogP contribution < -0.4 is 11.1 Å². The van der Waals surface area contributed by atoms with Crippen LogP contribution in [0.25, 0.3) is 11.3 Å². The number of benzene rings is 2. The monoisotopic (exact) mass is 396 g/mol. The van der Waals surface area contributed by atoms with Crippen molar-refractivity contribution in [2.75, 3.05) is 11.1 Å². The molecule has 7 nitrogen and oxygen atoms in total. The number of carbonyl (C=O) groups excluding carboxylic acids is 1. The average molecular weight is 396 g/mol. The molecular formula is C20H20N4O3S. The fraction of sp³-hybridized carbons (Fsp3) is 0.150. The van der Waals surface area contributed by atoms with E-state index in [0.717, 1.165) is 0 Å². The number of carbonyl (C=O) groups is 1. The van der Waals surface area contributed by atoms with Crippen molar-refractivity contribution in [3.63, 3.8) is 0 Å². The highest BCUT2D eigenvalue weighted by molar-refractivity contribution is 7.92. The lowest BCUT2D eigenvalue weighted by molar-refractivity contribution is 0.102. The molecular weight excluding hydrogens is 376 g/mol. The fourth-order valence-electron chi connectivity index (χ4n) is 2.50. The van der Waals surface area contributed by atoms with Gasteiger partial charge in [-0.15, -0.1) is 0 Å². The standard InChI is InChI=1S/C20H20N4O3S/c1-13(2)28(26,27)16-10-8-14(9-11-16)17-12-22-19(21)18(24-17)20(25)23-15-6-4-3-5-7-15/h3-13H,1-2H3,(H2,21,22)(H,23,25). The predicted molar refractivity (Wildman–Crippen MR) is 109 cm³/mol. The van der Waals surface area contributed by atoms with E-state index in [1.165, 1.54) is 18.3 Å². The number of nitrogen functional groups attached to an aromatic ring is 1. The maximum Gasteiger partial charge on any atom is 0.278 e. The normalized spacial score (nSPS) is 11.4. The minimum absolute atomic E-state index is 0.000214. The number of amides is 1. The van der Waals surface area contributed by atoms with Crippen molar-refractivity contribution in [1.29, 1.82) is 0 Å². The van der Waals surface area contributed by atoms with E-state index in [-0.39, 0.29) is 16.4 Å². The first-order chi connectivity index (χ1) is 13.3. The first-order valence-electron chi connectivity index (χ1n) is 8.62. The van der Waals surface area contributed by atoms with E-state index in [0.29, 0.717) is 16.9 Å². The van der Waals surface area contributed by atoms with E-state index in [4.69, 9.17) is 5.73 Å². The second-order valence-corrected chi connectivity index (χ2v) is 8.93. The van der Waals surface area contributed by atoms with E-state index in [9.17, 15) is 13.2 Å². The minimum Gasteiger partial charge on any atom is -0.382 e. The molecule has 0 aliphatic heterocycles. The summed E-state index contributed by atoms with van der Waals surface area (Å²) in [4.78, 5) is 21.1. The van der Waals surface area contributed by atoms with Gasteiger partial charge in [0, 0.05) is 11.3 Å². The molecule has 0 spiro atoms. The van der Waals surface area contributed by atoms with Crippen LogP contribution >= 0.6 is 0 Å². The molecule has 3 aromatic rings. The highest BCUT2D eigenvalue weighted by atomic mass is 32.2. The number of nitrogens with one attached hydrogen (secondary N) is 1. The van der Waals surface area contributed by atoms with Gasteiger partial charge in [0.1, 0.15) is 0 Å². The van der Waals surface area contributed by atoms with E-state index in [2.05, 4.69) is 15.3 Å². The van der Waals surface area contributed by atoms with Crippen molar-refractivity contribution >= 4 is 27.2 Å². The van der Waals surface area contributed by atoms with Crippen LogP contribution in [-0.2, 0) is 9.84 Å². The van der Waals surface area contributed by atoms with Crippen molar-refractivity contribution in [3.05, 3.63) is 66.5 Å². The summed E-state index contributed by atoms with van der Waals surface area (Å²) in [6.07, 6.45) is 1.45. The van der Waals surface area contributed by atoms with Crippen LogP contribution in [-0.4, -0.2) is 29.5 Å². The minimum atomic E-state index is -3.36. The molecule has 0 unspecified atom stereocenters. The summed E-state index contributed by atoms with van der Waals surface area (Å²) in [7, 11) is -3.36. The van der Waals surface area contributed by atoms with Crippen LogP contribution in [0.1, 0.15) is 24.3 Å². The van der Waals surface area contributed by atoms with Gasteiger partial charge in [-0.2, -0.15) is 0 Å². The summed E-state index contributed by atoms with van der Waals surface area (Å²) in [5.41, 5.74) is 7.48. The number of nitrogens with zero attached hydrogens (tertiary/aromatic N) is 2. The Balaban J connectivity index is 1.90. The molecule has 0 bridgehead atoms. The summed E-state index contributed by atoms with van der Waals surface area (Å²) >= 11 is 0. The largest absolute Gasteiger partial charge is 0.382 e. The van der Waals surface area contributed by atoms with Gasteiger partial charge in [-0.1, -0.05) is 30.3 Å². The quantitative estimate of drug-likeness (QED) is 0.684. The highest BCUT2D eigenvalue weighted by Crippen LogP contribution is 2.23. The van der Waals surface area contributed by atoms with Gasteiger partial charge >= 0.3 is 0 Å². The molecule has 0 saturated carbocycles. The first-order valence-corrected chi connectivity index (χ1v) is 10.2. The summed E-state index contributed by atoms with van der Waals surface area (Å²) in [5, 5.41) is 2.21. The van der Waals surface area contributed by atoms with Crippen LogP contribution in [0.5, 0.6) is 0 Å². The van der Waals surface area contributed by atoms with Crippen LogP contribution in [0, 0.1) is 0 Å². The van der Waals surface area contributed by atoms with Gasteiger partial charge in [0.15, 0.2) is 21.3 Å². The van der Waals surface area contributed by atoms with E-state index in [1.54, 1.807) is 50.2 Å². The molecule has 3 rings (SSSR count). The fourth-order valence-corrected chi connectivity index (χ4v) is 3.56. The lowest BCUT2D eigenvalue weighted by Crippen LogP contribution is -2.17. The first kappa shape index (κ1) is 19.5. The molecule has 3 N–H and O–H groups in total. The molecule has 8 heteroatoms.